The zero-order valence-electron chi connectivity index (χ0n) is 14.7. The molecule has 1 aromatic carbocycles. The van der Waals surface area contributed by atoms with Gasteiger partial charge in [0, 0.05) is 31.1 Å². The Morgan fingerprint density at radius 3 is 2.81 bits per heavy atom. The lowest BCUT2D eigenvalue weighted by molar-refractivity contribution is 0.239. The molecule has 1 fully saturated rings. The van der Waals surface area contributed by atoms with Crippen LogP contribution in [0.3, 0.4) is 0 Å². The fraction of sp³-hybridized carbons (Fsp3) is 0.500. The number of H-pyrrole nitrogens is 1. The Bertz CT molecular complexity index is 859. The highest BCUT2D eigenvalue weighted by molar-refractivity contribution is 6.42. The lowest BCUT2D eigenvalue weighted by Crippen LogP contribution is -2.35. The number of rotatable bonds is 3. The summed E-state index contributed by atoms with van der Waals surface area (Å²) in [4.78, 5) is 22.8. The molecule has 0 atom stereocenters. The normalized spacial score (nSPS) is 18.7. The molecular formula is C20H23Cl2N3O. The van der Waals surface area contributed by atoms with Crippen molar-refractivity contribution in [2.75, 3.05) is 6.54 Å². The molecule has 2 aliphatic rings. The molecule has 1 saturated carbocycles. The van der Waals surface area contributed by atoms with Gasteiger partial charge >= 0.3 is 0 Å². The van der Waals surface area contributed by atoms with Gasteiger partial charge in [0.2, 0.25) is 0 Å². The monoisotopic (exact) mass is 391 g/mol. The van der Waals surface area contributed by atoms with Crippen molar-refractivity contribution in [2.24, 2.45) is 0 Å². The van der Waals surface area contributed by atoms with E-state index in [1.54, 1.807) is 6.07 Å². The van der Waals surface area contributed by atoms with Crippen LogP contribution in [-0.4, -0.2) is 21.4 Å². The van der Waals surface area contributed by atoms with Gasteiger partial charge in [-0.1, -0.05) is 54.6 Å². The summed E-state index contributed by atoms with van der Waals surface area (Å²) in [5.41, 5.74) is 2.84. The van der Waals surface area contributed by atoms with Crippen LogP contribution in [0.5, 0.6) is 0 Å². The van der Waals surface area contributed by atoms with E-state index in [1.165, 1.54) is 19.3 Å². The predicted octanol–water partition coefficient (Wildman–Crippen LogP) is 4.68. The third-order valence-electron chi connectivity index (χ3n) is 5.59. The summed E-state index contributed by atoms with van der Waals surface area (Å²) < 4.78 is 0. The molecule has 0 spiro atoms. The van der Waals surface area contributed by atoms with Gasteiger partial charge in [0.15, 0.2) is 0 Å². The van der Waals surface area contributed by atoms with Gasteiger partial charge in [-0.15, -0.1) is 0 Å². The molecule has 1 aliphatic carbocycles. The van der Waals surface area contributed by atoms with Crippen LogP contribution in [-0.2, 0) is 19.5 Å². The number of nitrogens with one attached hydrogen (secondary N) is 1. The van der Waals surface area contributed by atoms with Crippen molar-refractivity contribution in [1.82, 2.24) is 14.9 Å². The minimum atomic E-state index is 0.0519. The Morgan fingerprint density at radius 1 is 1.19 bits per heavy atom. The lowest BCUT2D eigenvalue weighted by Gasteiger charge is -2.29. The van der Waals surface area contributed by atoms with Gasteiger partial charge in [-0.2, -0.15) is 0 Å². The van der Waals surface area contributed by atoms with E-state index < -0.39 is 0 Å². The number of hydrogen-bond donors (Lipinski definition) is 1. The molecule has 2 aromatic rings. The average Bonchev–Trinajstić information content (AvgIpc) is 2.66. The Morgan fingerprint density at radius 2 is 2.00 bits per heavy atom. The third-order valence-corrected chi connectivity index (χ3v) is 6.45. The van der Waals surface area contributed by atoms with E-state index in [4.69, 9.17) is 28.2 Å². The Hall–Kier alpha value is -1.36. The summed E-state index contributed by atoms with van der Waals surface area (Å²) >= 11 is 12.5. The van der Waals surface area contributed by atoms with Crippen molar-refractivity contribution in [2.45, 2.75) is 57.5 Å². The van der Waals surface area contributed by atoms with Crippen molar-refractivity contribution < 1.29 is 0 Å². The van der Waals surface area contributed by atoms with Crippen LogP contribution in [0, 0.1) is 0 Å². The van der Waals surface area contributed by atoms with Crippen LogP contribution in [0.25, 0.3) is 0 Å². The van der Waals surface area contributed by atoms with Crippen molar-refractivity contribution in [1.29, 1.82) is 0 Å². The van der Waals surface area contributed by atoms with E-state index in [1.807, 2.05) is 12.1 Å². The number of nitrogens with zero attached hydrogens (tertiary/aromatic N) is 2. The second-order valence-electron chi connectivity index (χ2n) is 7.38. The van der Waals surface area contributed by atoms with Crippen LogP contribution in [0.1, 0.15) is 60.7 Å². The van der Waals surface area contributed by atoms with Gasteiger partial charge in [-0.3, -0.25) is 9.69 Å². The first-order valence-corrected chi connectivity index (χ1v) is 10.1. The van der Waals surface area contributed by atoms with Gasteiger partial charge < -0.3 is 4.98 Å². The number of fused-ring (bicyclic) bond motifs is 1. The highest BCUT2D eigenvalue weighted by Crippen LogP contribution is 2.31. The van der Waals surface area contributed by atoms with E-state index in [0.717, 1.165) is 48.5 Å². The van der Waals surface area contributed by atoms with E-state index >= 15 is 0 Å². The van der Waals surface area contributed by atoms with Gasteiger partial charge in [0.05, 0.1) is 15.7 Å². The SMILES string of the molecule is O=c1[nH]c(C2CCCCC2)nc2c1CCN(Cc1cccc(Cl)c1Cl)C2. The molecule has 1 aliphatic heterocycles. The molecule has 0 amide bonds. The van der Waals surface area contributed by atoms with Crippen LogP contribution in [0.4, 0.5) is 0 Å². The summed E-state index contributed by atoms with van der Waals surface area (Å²) in [6, 6.07) is 5.73. The highest BCUT2D eigenvalue weighted by atomic mass is 35.5. The minimum Gasteiger partial charge on any atom is -0.310 e. The zero-order valence-corrected chi connectivity index (χ0v) is 16.2. The summed E-state index contributed by atoms with van der Waals surface area (Å²) in [5, 5.41) is 1.19. The maximum Gasteiger partial charge on any atom is 0.254 e. The van der Waals surface area contributed by atoms with Crippen LogP contribution >= 0.6 is 23.2 Å². The molecule has 26 heavy (non-hydrogen) atoms. The van der Waals surface area contributed by atoms with Crippen molar-refractivity contribution in [3.8, 4) is 0 Å². The van der Waals surface area contributed by atoms with Crippen molar-refractivity contribution in [3.63, 3.8) is 0 Å². The molecular weight excluding hydrogens is 369 g/mol. The fourth-order valence-corrected chi connectivity index (χ4v) is 4.51. The quantitative estimate of drug-likeness (QED) is 0.825. The molecule has 4 nitrogen and oxygen atoms in total. The molecule has 138 valence electrons. The smallest absolute Gasteiger partial charge is 0.254 e. The molecule has 6 heteroatoms. The minimum absolute atomic E-state index is 0.0519. The average molecular weight is 392 g/mol. The second-order valence-corrected chi connectivity index (χ2v) is 8.17. The first kappa shape index (κ1) is 18.0. The molecule has 0 saturated heterocycles. The first-order chi connectivity index (χ1) is 12.6. The number of aromatic amines is 1. The van der Waals surface area contributed by atoms with E-state index in [-0.39, 0.29) is 5.56 Å². The fourth-order valence-electron chi connectivity index (χ4n) is 4.13. The lowest BCUT2D eigenvalue weighted by atomic mass is 9.88. The summed E-state index contributed by atoms with van der Waals surface area (Å²) in [7, 11) is 0. The third kappa shape index (κ3) is 3.68. The number of hydrogen-bond acceptors (Lipinski definition) is 3. The summed E-state index contributed by atoms with van der Waals surface area (Å²) in [6.45, 7) is 2.22. The van der Waals surface area contributed by atoms with Gasteiger partial charge in [0.25, 0.3) is 5.56 Å². The molecule has 0 unspecified atom stereocenters. The van der Waals surface area contributed by atoms with Crippen LogP contribution < -0.4 is 5.56 Å². The number of benzene rings is 1. The molecule has 0 bridgehead atoms. The van der Waals surface area contributed by atoms with Gasteiger partial charge in [0.1, 0.15) is 5.82 Å². The highest BCUT2D eigenvalue weighted by Gasteiger charge is 2.25. The molecule has 1 N–H and O–H groups in total. The Kier molecular flexibility index (Phi) is 5.35. The van der Waals surface area contributed by atoms with Crippen LogP contribution in [0.15, 0.2) is 23.0 Å². The van der Waals surface area contributed by atoms with Gasteiger partial charge in [-0.05, 0) is 30.9 Å². The van der Waals surface area contributed by atoms with E-state index in [0.29, 0.717) is 29.1 Å². The number of halogens is 2. The van der Waals surface area contributed by atoms with Crippen LogP contribution in [0.2, 0.25) is 10.0 Å². The molecule has 1 aromatic heterocycles. The van der Waals surface area contributed by atoms with Gasteiger partial charge in [-0.25, -0.2) is 4.98 Å². The molecule has 2 heterocycles. The summed E-state index contributed by atoms with van der Waals surface area (Å²) in [5.74, 6) is 1.29. The van der Waals surface area contributed by atoms with Crippen molar-refractivity contribution in [3.05, 3.63) is 61.2 Å². The topological polar surface area (TPSA) is 49.0 Å². The molecule has 0 radical (unpaired) electrons. The predicted molar refractivity (Wildman–Crippen MR) is 105 cm³/mol. The largest absolute Gasteiger partial charge is 0.310 e. The Balaban J connectivity index is 1.56. The summed E-state index contributed by atoms with van der Waals surface area (Å²) in [6.07, 6.45) is 6.73. The van der Waals surface area contributed by atoms with E-state index in [2.05, 4.69) is 9.88 Å². The first-order valence-electron chi connectivity index (χ1n) is 9.39. The maximum absolute atomic E-state index is 12.5. The Labute approximate surface area is 163 Å². The second kappa shape index (κ2) is 7.71. The number of aromatic nitrogens is 2. The standard InChI is InChI=1S/C20H23Cl2N3O/c21-16-8-4-7-14(18(16)22)11-25-10-9-15-17(12-25)23-19(24-20(15)26)13-5-2-1-3-6-13/h4,7-8,13H,1-3,5-6,9-12H2,(H,23,24,26). The zero-order chi connectivity index (χ0) is 18.1. The van der Waals surface area contributed by atoms with Crippen molar-refractivity contribution >= 4 is 23.2 Å². The van der Waals surface area contributed by atoms with E-state index in [9.17, 15) is 4.79 Å². The maximum atomic E-state index is 12.5. The molecule has 4 rings (SSSR count).